The fraction of sp³-hybridized carbons (Fsp3) is 0.556. The largest absolute Gasteiger partial charge is 0.398 e. The van der Waals surface area contributed by atoms with Gasteiger partial charge in [0.1, 0.15) is 0 Å². The van der Waals surface area contributed by atoms with Gasteiger partial charge < -0.3 is 21.1 Å². The number of rotatable bonds is 5. The minimum absolute atomic E-state index is 0.176. The van der Waals surface area contributed by atoms with Crippen LogP contribution in [0.4, 0.5) is 17.1 Å². The molecule has 1 aromatic carbocycles. The second-order valence-corrected chi connectivity index (χ2v) is 6.70. The zero-order valence-electron chi connectivity index (χ0n) is 13.9. The van der Waals surface area contributed by atoms with Crippen LogP contribution in [0.25, 0.3) is 0 Å². The quantitative estimate of drug-likeness (QED) is 0.438. The Labute approximate surface area is 142 Å². The van der Waals surface area contributed by atoms with Crippen molar-refractivity contribution in [1.82, 2.24) is 0 Å². The number of hydrogen-bond donors (Lipinski definition) is 3. The van der Waals surface area contributed by atoms with Gasteiger partial charge in [0.05, 0.1) is 23.5 Å². The molecule has 0 bridgehead atoms. The van der Waals surface area contributed by atoms with E-state index in [1.807, 2.05) is 12.1 Å². The number of hydrogen-bond acceptors (Lipinski definition) is 5. The topological polar surface area (TPSA) is 91.0 Å². The van der Waals surface area contributed by atoms with Crippen molar-refractivity contribution >= 4 is 29.7 Å². The number of aliphatic hydroxyl groups excluding tert-OH is 1. The zero-order valence-corrected chi connectivity index (χ0v) is 13.9. The molecule has 1 saturated heterocycles. The van der Waals surface area contributed by atoms with E-state index in [2.05, 4.69) is 15.2 Å². The van der Waals surface area contributed by atoms with Crippen molar-refractivity contribution in [2.24, 2.45) is 4.99 Å². The van der Waals surface area contributed by atoms with Crippen LogP contribution in [0.2, 0.25) is 0 Å². The number of aliphatic imine (C=N–C) groups is 1. The molecule has 6 heteroatoms. The van der Waals surface area contributed by atoms with E-state index in [4.69, 9.17) is 5.73 Å². The van der Waals surface area contributed by atoms with Gasteiger partial charge in [-0.2, -0.15) is 0 Å². The Bertz CT molecular complexity index is 603. The van der Waals surface area contributed by atoms with Crippen LogP contribution in [0.3, 0.4) is 0 Å². The number of nitrogens with one attached hydrogen (secondary N) is 1. The first kappa shape index (κ1) is 16.8. The van der Waals surface area contributed by atoms with Crippen molar-refractivity contribution in [3.05, 3.63) is 17.7 Å². The molecule has 1 saturated carbocycles. The first-order valence-corrected chi connectivity index (χ1v) is 8.77. The van der Waals surface area contributed by atoms with Crippen LogP contribution < -0.4 is 16.0 Å². The summed E-state index contributed by atoms with van der Waals surface area (Å²) in [7, 11) is 0. The van der Waals surface area contributed by atoms with Crippen LogP contribution in [-0.2, 0) is 4.79 Å². The Morgan fingerprint density at radius 3 is 2.58 bits per heavy atom. The second kappa shape index (κ2) is 7.66. The van der Waals surface area contributed by atoms with Crippen LogP contribution in [0.15, 0.2) is 17.1 Å². The number of nitrogens with zero attached hydrogens (tertiary/aromatic N) is 2. The summed E-state index contributed by atoms with van der Waals surface area (Å²) in [4.78, 5) is 17.8. The SMILES string of the molecule is Nc1cc(N2CCCC2)c(NC=O)cc1C=NC1CCC(O)CC1. The summed E-state index contributed by atoms with van der Waals surface area (Å²) in [5.74, 6) is 0. The minimum atomic E-state index is -0.176. The number of amides is 1. The number of anilines is 3. The molecule has 0 spiro atoms. The molecule has 4 N–H and O–H groups in total. The summed E-state index contributed by atoms with van der Waals surface area (Å²) in [5.41, 5.74) is 9.48. The molecule has 1 aliphatic carbocycles. The van der Waals surface area contributed by atoms with Gasteiger partial charge in [-0.05, 0) is 50.7 Å². The van der Waals surface area contributed by atoms with E-state index in [1.165, 1.54) is 0 Å². The molecule has 130 valence electrons. The Balaban J connectivity index is 1.80. The van der Waals surface area contributed by atoms with Gasteiger partial charge in [0.25, 0.3) is 0 Å². The molecular formula is C18H26N4O2. The monoisotopic (exact) mass is 330 g/mol. The summed E-state index contributed by atoms with van der Waals surface area (Å²) < 4.78 is 0. The highest BCUT2D eigenvalue weighted by Gasteiger charge is 2.19. The lowest BCUT2D eigenvalue weighted by atomic mass is 9.93. The third-order valence-electron chi connectivity index (χ3n) is 4.95. The molecule has 0 atom stereocenters. The smallest absolute Gasteiger partial charge is 0.211 e. The predicted molar refractivity (Wildman–Crippen MR) is 97.8 cm³/mol. The molecule has 1 aliphatic heterocycles. The fourth-order valence-corrected chi connectivity index (χ4v) is 3.52. The van der Waals surface area contributed by atoms with E-state index in [1.54, 1.807) is 6.21 Å². The number of aliphatic hydroxyl groups is 1. The molecule has 6 nitrogen and oxygen atoms in total. The first-order valence-electron chi connectivity index (χ1n) is 8.77. The highest BCUT2D eigenvalue weighted by molar-refractivity contribution is 5.94. The normalized spacial score (nSPS) is 24.5. The zero-order chi connectivity index (χ0) is 16.9. The molecule has 0 radical (unpaired) electrons. The third-order valence-corrected chi connectivity index (χ3v) is 4.95. The Morgan fingerprint density at radius 1 is 1.21 bits per heavy atom. The predicted octanol–water partition coefficient (Wildman–Crippen LogP) is 2.16. The summed E-state index contributed by atoms with van der Waals surface area (Å²) in [5, 5.41) is 12.4. The lowest BCUT2D eigenvalue weighted by molar-refractivity contribution is -0.105. The molecule has 3 rings (SSSR count). The van der Waals surface area contributed by atoms with Crippen molar-refractivity contribution < 1.29 is 9.90 Å². The molecule has 0 unspecified atom stereocenters. The van der Waals surface area contributed by atoms with Crippen LogP contribution in [0.1, 0.15) is 44.1 Å². The maximum Gasteiger partial charge on any atom is 0.211 e. The number of benzene rings is 1. The first-order chi connectivity index (χ1) is 11.7. The molecule has 2 fully saturated rings. The van der Waals surface area contributed by atoms with Gasteiger partial charge in [-0.25, -0.2) is 0 Å². The maximum absolute atomic E-state index is 11.0. The van der Waals surface area contributed by atoms with Crippen molar-refractivity contribution in [2.45, 2.75) is 50.7 Å². The van der Waals surface area contributed by atoms with E-state index in [0.717, 1.165) is 68.6 Å². The van der Waals surface area contributed by atoms with Crippen LogP contribution in [0, 0.1) is 0 Å². The highest BCUT2D eigenvalue weighted by Crippen LogP contribution is 2.33. The van der Waals surface area contributed by atoms with Crippen LogP contribution in [-0.4, -0.2) is 43.0 Å². The van der Waals surface area contributed by atoms with Crippen molar-refractivity contribution in [3.8, 4) is 0 Å². The average molecular weight is 330 g/mol. The molecule has 2 aliphatic rings. The maximum atomic E-state index is 11.0. The highest BCUT2D eigenvalue weighted by atomic mass is 16.3. The molecule has 1 heterocycles. The van der Waals surface area contributed by atoms with Gasteiger partial charge in [-0.15, -0.1) is 0 Å². The minimum Gasteiger partial charge on any atom is -0.398 e. The molecule has 1 aromatic rings. The van der Waals surface area contributed by atoms with Gasteiger partial charge in [0.15, 0.2) is 0 Å². The summed E-state index contributed by atoms with van der Waals surface area (Å²) >= 11 is 0. The summed E-state index contributed by atoms with van der Waals surface area (Å²) in [6.07, 6.45) is 8.09. The summed E-state index contributed by atoms with van der Waals surface area (Å²) in [6, 6.07) is 4.08. The second-order valence-electron chi connectivity index (χ2n) is 6.70. The standard InChI is InChI=1S/C18H26N4O2/c19-16-10-18(22-7-1-2-8-22)17(21-12-23)9-13(16)11-20-14-3-5-15(24)6-4-14/h9-12,14-15,24H,1-8,19H2,(H,21,23). The Kier molecular flexibility index (Phi) is 5.35. The Hall–Kier alpha value is -2.08. The molecular weight excluding hydrogens is 304 g/mol. The Morgan fingerprint density at radius 2 is 1.92 bits per heavy atom. The van der Waals surface area contributed by atoms with Gasteiger partial charge in [0, 0.05) is 30.6 Å². The number of nitrogen functional groups attached to an aromatic ring is 1. The molecule has 1 amide bonds. The van der Waals surface area contributed by atoms with Gasteiger partial charge in [0.2, 0.25) is 6.41 Å². The van der Waals surface area contributed by atoms with Gasteiger partial charge in [-0.1, -0.05) is 0 Å². The van der Waals surface area contributed by atoms with E-state index < -0.39 is 0 Å². The van der Waals surface area contributed by atoms with E-state index in [-0.39, 0.29) is 12.1 Å². The van der Waals surface area contributed by atoms with E-state index in [0.29, 0.717) is 12.1 Å². The third kappa shape index (κ3) is 3.87. The van der Waals surface area contributed by atoms with Crippen molar-refractivity contribution in [3.63, 3.8) is 0 Å². The fourth-order valence-electron chi connectivity index (χ4n) is 3.52. The van der Waals surface area contributed by atoms with Crippen molar-refractivity contribution in [2.75, 3.05) is 29.0 Å². The van der Waals surface area contributed by atoms with E-state index in [9.17, 15) is 9.90 Å². The van der Waals surface area contributed by atoms with Crippen molar-refractivity contribution in [1.29, 1.82) is 0 Å². The number of carbonyl (C=O) groups excluding carboxylic acids is 1. The molecule has 0 aromatic heterocycles. The number of nitrogens with two attached hydrogens (primary N) is 1. The number of carbonyl (C=O) groups is 1. The average Bonchev–Trinajstić information content (AvgIpc) is 3.11. The lowest BCUT2D eigenvalue weighted by Crippen LogP contribution is -2.21. The van der Waals surface area contributed by atoms with Crippen LogP contribution in [0.5, 0.6) is 0 Å². The van der Waals surface area contributed by atoms with Gasteiger partial charge in [-0.3, -0.25) is 9.79 Å². The molecule has 24 heavy (non-hydrogen) atoms. The summed E-state index contributed by atoms with van der Waals surface area (Å²) in [6.45, 7) is 1.98. The van der Waals surface area contributed by atoms with E-state index >= 15 is 0 Å². The van der Waals surface area contributed by atoms with Crippen LogP contribution >= 0.6 is 0 Å². The lowest BCUT2D eigenvalue weighted by Gasteiger charge is -2.23. The van der Waals surface area contributed by atoms with Gasteiger partial charge >= 0.3 is 0 Å².